The first-order valence-corrected chi connectivity index (χ1v) is 7.81. The topological polar surface area (TPSA) is 41.1 Å². The second-order valence-electron chi connectivity index (χ2n) is 4.83. The highest BCUT2D eigenvalue weighted by Gasteiger charge is 2.17. The Labute approximate surface area is 118 Å². The van der Waals surface area contributed by atoms with Crippen LogP contribution in [0.5, 0.6) is 0 Å². The van der Waals surface area contributed by atoms with Crippen molar-refractivity contribution in [3.05, 3.63) is 11.4 Å². The van der Waals surface area contributed by atoms with Crippen LogP contribution in [-0.2, 0) is 0 Å². The Balaban J connectivity index is 2.51. The van der Waals surface area contributed by atoms with E-state index in [0.29, 0.717) is 6.04 Å². The molecule has 2 aromatic rings. The van der Waals surface area contributed by atoms with Crippen molar-refractivity contribution in [2.45, 2.75) is 40.2 Å². The third kappa shape index (κ3) is 2.97. The van der Waals surface area contributed by atoms with Crippen molar-refractivity contribution < 1.29 is 0 Å². The summed E-state index contributed by atoms with van der Waals surface area (Å²) in [4.78, 5) is 12.7. The first kappa shape index (κ1) is 14.1. The van der Waals surface area contributed by atoms with Crippen LogP contribution in [0.3, 0.4) is 0 Å². The zero-order chi connectivity index (χ0) is 13.8. The zero-order valence-corrected chi connectivity index (χ0v) is 12.9. The van der Waals surface area contributed by atoms with Crippen LogP contribution < -0.4 is 10.2 Å². The van der Waals surface area contributed by atoms with Gasteiger partial charge in [0.05, 0.1) is 5.39 Å². The van der Waals surface area contributed by atoms with E-state index in [4.69, 9.17) is 4.98 Å². The van der Waals surface area contributed by atoms with E-state index >= 15 is 0 Å². The second-order valence-corrected chi connectivity index (χ2v) is 5.72. The van der Waals surface area contributed by atoms with Crippen molar-refractivity contribution in [2.24, 2.45) is 0 Å². The number of hydrogen-bond donors (Lipinski definition) is 1. The fourth-order valence-electron chi connectivity index (χ4n) is 2.15. The van der Waals surface area contributed by atoms with Gasteiger partial charge in [-0.3, -0.25) is 0 Å². The largest absolute Gasteiger partial charge is 0.354 e. The maximum Gasteiger partial charge on any atom is 0.226 e. The van der Waals surface area contributed by atoms with Crippen LogP contribution in [0.15, 0.2) is 11.4 Å². The molecule has 0 unspecified atom stereocenters. The Bertz CT molecular complexity index is 535. The van der Waals surface area contributed by atoms with Gasteiger partial charge in [-0.25, -0.2) is 4.98 Å². The lowest BCUT2D eigenvalue weighted by Gasteiger charge is -2.28. The molecular formula is C14H22N4S. The highest BCUT2D eigenvalue weighted by Crippen LogP contribution is 2.30. The van der Waals surface area contributed by atoms with Crippen molar-refractivity contribution in [3.8, 4) is 0 Å². The molecule has 19 heavy (non-hydrogen) atoms. The van der Waals surface area contributed by atoms with Gasteiger partial charge in [0.25, 0.3) is 0 Å². The van der Waals surface area contributed by atoms with Gasteiger partial charge in [0.15, 0.2) is 0 Å². The first-order valence-electron chi connectivity index (χ1n) is 6.93. The summed E-state index contributed by atoms with van der Waals surface area (Å²) in [5.41, 5.74) is 0. The molecule has 0 aliphatic carbocycles. The minimum atomic E-state index is 0.437. The van der Waals surface area contributed by atoms with Crippen LogP contribution in [0.4, 0.5) is 11.8 Å². The number of rotatable bonds is 6. The van der Waals surface area contributed by atoms with Gasteiger partial charge in [-0.15, -0.1) is 11.3 Å². The number of nitrogens with zero attached hydrogens (tertiary/aromatic N) is 3. The van der Waals surface area contributed by atoms with Gasteiger partial charge >= 0.3 is 0 Å². The lowest BCUT2D eigenvalue weighted by molar-refractivity contribution is 0.664. The molecule has 0 aromatic carbocycles. The molecule has 1 N–H and O–H groups in total. The molecule has 0 aliphatic rings. The average molecular weight is 278 g/mol. The number of aromatic nitrogens is 2. The maximum absolute atomic E-state index is 4.71. The van der Waals surface area contributed by atoms with Crippen LogP contribution in [0.25, 0.3) is 10.2 Å². The molecule has 0 fully saturated rings. The van der Waals surface area contributed by atoms with E-state index in [1.54, 1.807) is 11.3 Å². The molecule has 4 nitrogen and oxygen atoms in total. The van der Waals surface area contributed by atoms with Gasteiger partial charge in [-0.2, -0.15) is 4.98 Å². The van der Waals surface area contributed by atoms with E-state index in [2.05, 4.69) is 54.3 Å². The molecule has 0 radical (unpaired) electrons. The number of thiophene rings is 1. The zero-order valence-electron chi connectivity index (χ0n) is 12.1. The third-order valence-corrected chi connectivity index (χ3v) is 3.81. The standard InChI is InChI=1S/C14H22N4S/c1-5-8-18(10(3)4)12-11-7-9-19-13(11)17-14(16-12)15-6-2/h7,9-10H,5-6,8H2,1-4H3,(H,15,16,17). The fourth-order valence-corrected chi connectivity index (χ4v) is 2.90. The van der Waals surface area contributed by atoms with E-state index in [-0.39, 0.29) is 0 Å². The van der Waals surface area contributed by atoms with Crippen molar-refractivity contribution in [1.82, 2.24) is 9.97 Å². The van der Waals surface area contributed by atoms with Crippen molar-refractivity contribution in [1.29, 1.82) is 0 Å². The molecule has 2 heterocycles. The summed E-state index contributed by atoms with van der Waals surface area (Å²) in [7, 11) is 0. The Hall–Kier alpha value is -1.36. The summed E-state index contributed by atoms with van der Waals surface area (Å²) >= 11 is 1.67. The van der Waals surface area contributed by atoms with E-state index in [1.165, 1.54) is 0 Å². The summed E-state index contributed by atoms with van der Waals surface area (Å²) < 4.78 is 0. The molecule has 0 amide bonds. The van der Waals surface area contributed by atoms with Crippen molar-refractivity contribution in [3.63, 3.8) is 0 Å². The van der Waals surface area contributed by atoms with E-state index in [0.717, 1.165) is 41.5 Å². The highest BCUT2D eigenvalue weighted by molar-refractivity contribution is 7.16. The van der Waals surface area contributed by atoms with Crippen molar-refractivity contribution in [2.75, 3.05) is 23.3 Å². The summed E-state index contributed by atoms with van der Waals surface area (Å²) in [6, 6.07) is 2.56. The second kappa shape index (κ2) is 6.19. The molecule has 5 heteroatoms. The quantitative estimate of drug-likeness (QED) is 0.873. The molecule has 2 aromatic heterocycles. The lowest BCUT2D eigenvalue weighted by Crippen LogP contribution is -2.32. The van der Waals surface area contributed by atoms with Gasteiger partial charge in [-0.1, -0.05) is 6.92 Å². The van der Waals surface area contributed by atoms with Crippen LogP contribution in [0, 0.1) is 0 Å². The van der Waals surface area contributed by atoms with Crippen LogP contribution in [0.1, 0.15) is 34.1 Å². The predicted octanol–water partition coefficient (Wildman–Crippen LogP) is 3.75. The van der Waals surface area contributed by atoms with Crippen LogP contribution in [0.2, 0.25) is 0 Å². The van der Waals surface area contributed by atoms with Crippen LogP contribution >= 0.6 is 11.3 Å². The number of hydrogen-bond acceptors (Lipinski definition) is 5. The van der Waals surface area contributed by atoms with Gasteiger partial charge in [0, 0.05) is 19.1 Å². The summed E-state index contributed by atoms with van der Waals surface area (Å²) in [5, 5.41) is 6.47. The molecule has 0 saturated heterocycles. The fraction of sp³-hybridized carbons (Fsp3) is 0.571. The van der Waals surface area contributed by atoms with Crippen molar-refractivity contribution >= 4 is 33.3 Å². The summed E-state index contributed by atoms with van der Waals surface area (Å²) in [6.45, 7) is 10.5. The van der Waals surface area contributed by atoms with Gasteiger partial charge in [0.1, 0.15) is 10.6 Å². The Morgan fingerprint density at radius 2 is 2.11 bits per heavy atom. The number of anilines is 2. The lowest BCUT2D eigenvalue weighted by atomic mass is 10.2. The summed E-state index contributed by atoms with van der Waals surface area (Å²) in [6.07, 6.45) is 1.12. The molecular weight excluding hydrogens is 256 g/mol. The molecule has 0 bridgehead atoms. The Kier molecular flexibility index (Phi) is 4.58. The first-order chi connectivity index (χ1) is 9.17. The SMILES string of the molecule is CCCN(c1nc(NCC)nc2sccc12)C(C)C. The molecule has 0 spiro atoms. The molecule has 2 rings (SSSR count). The highest BCUT2D eigenvalue weighted by atomic mass is 32.1. The summed E-state index contributed by atoms with van der Waals surface area (Å²) in [5.74, 6) is 1.79. The Morgan fingerprint density at radius 3 is 2.74 bits per heavy atom. The molecule has 0 saturated carbocycles. The third-order valence-electron chi connectivity index (χ3n) is 3.00. The number of fused-ring (bicyclic) bond motifs is 1. The van der Waals surface area contributed by atoms with E-state index in [9.17, 15) is 0 Å². The van der Waals surface area contributed by atoms with E-state index < -0.39 is 0 Å². The Morgan fingerprint density at radius 1 is 1.32 bits per heavy atom. The molecule has 0 atom stereocenters. The molecule has 0 aliphatic heterocycles. The van der Waals surface area contributed by atoms with E-state index in [1.807, 2.05) is 0 Å². The smallest absolute Gasteiger partial charge is 0.226 e. The van der Waals surface area contributed by atoms with Gasteiger partial charge < -0.3 is 10.2 Å². The molecule has 104 valence electrons. The minimum absolute atomic E-state index is 0.437. The monoisotopic (exact) mass is 278 g/mol. The number of nitrogens with one attached hydrogen (secondary N) is 1. The maximum atomic E-state index is 4.71. The minimum Gasteiger partial charge on any atom is -0.354 e. The normalized spacial score (nSPS) is 11.2. The van der Waals surface area contributed by atoms with Crippen LogP contribution in [-0.4, -0.2) is 29.1 Å². The van der Waals surface area contributed by atoms with Gasteiger partial charge in [-0.05, 0) is 38.6 Å². The predicted molar refractivity (Wildman–Crippen MR) is 84.4 cm³/mol. The van der Waals surface area contributed by atoms with Gasteiger partial charge in [0.2, 0.25) is 5.95 Å². The average Bonchev–Trinajstić information content (AvgIpc) is 2.83.